The van der Waals surface area contributed by atoms with E-state index in [2.05, 4.69) is 17.5 Å². The van der Waals surface area contributed by atoms with E-state index < -0.39 is 0 Å². The molecule has 1 spiro atoms. The van der Waals surface area contributed by atoms with Crippen LogP contribution in [0.1, 0.15) is 37.0 Å². The van der Waals surface area contributed by atoms with Crippen molar-refractivity contribution in [3.8, 4) is 0 Å². The Bertz CT molecular complexity index is 343. The first-order valence-electron chi connectivity index (χ1n) is 6.21. The van der Waals surface area contributed by atoms with E-state index in [1.165, 1.54) is 30.6 Å². The topological polar surface area (TPSA) is 35.2 Å². The van der Waals surface area contributed by atoms with Crippen molar-refractivity contribution in [2.24, 2.45) is 11.1 Å². The van der Waals surface area contributed by atoms with Gasteiger partial charge in [-0.3, -0.25) is 0 Å². The highest BCUT2D eigenvalue weighted by Crippen LogP contribution is 2.53. The number of hydrogen-bond acceptors (Lipinski definition) is 3. The molecule has 2 nitrogen and oxygen atoms in total. The highest BCUT2D eigenvalue weighted by Gasteiger charge is 2.55. The molecule has 3 rings (SSSR count). The summed E-state index contributed by atoms with van der Waals surface area (Å²) in [4.78, 5) is 1.33. The molecule has 2 aliphatic carbocycles. The molecular formula is C13H19NOS. The summed E-state index contributed by atoms with van der Waals surface area (Å²) in [6.07, 6.45) is 6.73. The van der Waals surface area contributed by atoms with Crippen molar-refractivity contribution in [2.75, 3.05) is 0 Å². The van der Waals surface area contributed by atoms with Crippen LogP contribution < -0.4 is 5.73 Å². The molecule has 2 N–H and O–H groups in total. The molecule has 2 aliphatic rings. The van der Waals surface area contributed by atoms with Gasteiger partial charge in [0.1, 0.15) is 0 Å². The van der Waals surface area contributed by atoms with Crippen molar-refractivity contribution in [2.45, 2.75) is 50.9 Å². The van der Waals surface area contributed by atoms with Crippen molar-refractivity contribution in [3.05, 3.63) is 22.4 Å². The highest BCUT2D eigenvalue weighted by atomic mass is 32.1. The second-order valence-corrected chi connectivity index (χ2v) is 6.19. The van der Waals surface area contributed by atoms with Gasteiger partial charge >= 0.3 is 0 Å². The fourth-order valence-corrected chi connectivity index (χ4v) is 3.94. The van der Waals surface area contributed by atoms with Gasteiger partial charge in [-0.2, -0.15) is 0 Å². The standard InChI is InChI=1S/C13H19NOS/c14-11-8-12(13(11)5-1-2-6-13)15-9-10-4-3-7-16-10/h3-4,7,11-12H,1-2,5-6,8-9,14H2. The first-order valence-corrected chi connectivity index (χ1v) is 7.09. The Morgan fingerprint density at radius 2 is 2.25 bits per heavy atom. The van der Waals surface area contributed by atoms with Gasteiger partial charge in [0.25, 0.3) is 0 Å². The molecule has 2 saturated carbocycles. The van der Waals surface area contributed by atoms with Gasteiger partial charge in [-0.1, -0.05) is 18.9 Å². The Kier molecular flexibility index (Phi) is 2.78. The number of thiophene rings is 1. The molecule has 1 heterocycles. The lowest BCUT2D eigenvalue weighted by Crippen LogP contribution is -2.60. The maximum atomic E-state index is 6.18. The highest BCUT2D eigenvalue weighted by molar-refractivity contribution is 7.09. The molecule has 2 atom stereocenters. The SMILES string of the molecule is NC1CC(OCc2cccs2)C12CCCC2. The maximum absolute atomic E-state index is 6.18. The largest absolute Gasteiger partial charge is 0.372 e. The van der Waals surface area contributed by atoms with E-state index in [4.69, 9.17) is 10.5 Å². The lowest BCUT2D eigenvalue weighted by molar-refractivity contribution is -0.130. The third-order valence-electron chi connectivity index (χ3n) is 4.39. The minimum absolute atomic E-state index is 0.345. The van der Waals surface area contributed by atoms with E-state index in [-0.39, 0.29) is 0 Å². The molecule has 16 heavy (non-hydrogen) atoms. The summed E-state index contributed by atoms with van der Waals surface area (Å²) in [5, 5.41) is 2.11. The van der Waals surface area contributed by atoms with E-state index in [1.54, 1.807) is 11.3 Å². The molecule has 88 valence electrons. The van der Waals surface area contributed by atoms with Crippen molar-refractivity contribution in [1.82, 2.24) is 0 Å². The van der Waals surface area contributed by atoms with Gasteiger partial charge < -0.3 is 10.5 Å². The smallest absolute Gasteiger partial charge is 0.0813 e. The van der Waals surface area contributed by atoms with Crippen LogP contribution in [0, 0.1) is 5.41 Å². The normalized spacial score (nSPS) is 31.8. The summed E-state index contributed by atoms with van der Waals surface area (Å²) in [7, 11) is 0. The van der Waals surface area contributed by atoms with E-state index >= 15 is 0 Å². The predicted molar refractivity (Wildman–Crippen MR) is 66.4 cm³/mol. The zero-order chi connectivity index (χ0) is 11.0. The van der Waals surface area contributed by atoms with Crippen LogP contribution in [0.15, 0.2) is 17.5 Å². The lowest BCUT2D eigenvalue weighted by Gasteiger charge is -2.52. The number of ether oxygens (including phenoxy) is 1. The first-order chi connectivity index (χ1) is 7.81. The Hall–Kier alpha value is -0.380. The van der Waals surface area contributed by atoms with Gasteiger partial charge in [0.2, 0.25) is 0 Å². The molecule has 1 aromatic heterocycles. The van der Waals surface area contributed by atoms with Gasteiger partial charge in [0.05, 0.1) is 12.7 Å². The summed E-state index contributed by atoms with van der Waals surface area (Å²) in [6.45, 7) is 0.775. The van der Waals surface area contributed by atoms with E-state index in [0.717, 1.165) is 13.0 Å². The number of rotatable bonds is 3. The zero-order valence-corrected chi connectivity index (χ0v) is 10.3. The molecule has 2 unspecified atom stereocenters. The zero-order valence-electron chi connectivity index (χ0n) is 9.52. The summed E-state index contributed by atoms with van der Waals surface area (Å²) in [5.41, 5.74) is 6.53. The predicted octanol–water partition coefficient (Wildman–Crippen LogP) is 2.92. The van der Waals surface area contributed by atoms with Gasteiger partial charge in [-0.15, -0.1) is 11.3 Å². The number of hydrogen-bond donors (Lipinski definition) is 1. The van der Waals surface area contributed by atoms with Crippen LogP contribution in [0.3, 0.4) is 0 Å². The van der Waals surface area contributed by atoms with Gasteiger partial charge in [-0.05, 0) is 30.7 Å². The Morgan fingerprint density at radius 3 is 2.88 bits per heavy atom. The average Bonchev–Trinajstić information content (AvgIpc) is 2.95. The molecule has 3 heteroatoms. The summed E-state index contributed by atoms with van der Waals surface area (Å²) < 4.78 is 6.06. The Labute approximate surface area is 101 Å². The summed E-state index contributed by atoms with van der Waals surface area (Å²) in [5.74, 6) is 0. The average molecular weight is 237 g/mol. The van der Waals surface area contributed by atoms with Crippen LogP contribution in [-0.2, 0) is 11.3 Å². The molecule has 2 fully saturated rings. The van der Waals surface area contributed by atoms with Gasteiger partial charge in [-0.25, -0.2) is 0 Å². The van der Waals surface area contributed by atoms with Crippen LogP contribution in [0.5, 0.6) is 0 Å². The van der Waals surface area contributed by atoms with Crippen molar-refractivity contribution < 1.29 is 4.74 Å². The van der Waals surface area contributed by atoms with Crippen LogP contribution in [0.4, 0.5) is 0 Å². The van der Waals surface area contributed by atoms with Gasteiger partial charge in [0, 0.05) is 16.3 Å². The number of nitrogens with two attached hydrogens (primary N) is 1. The van der Waals surface area contributed by atoms with Crippen LogP contribution in [0.25, 0.3) is 0 Å². The first kappa shape index (κ1) is 10.8. The summed E-state index contributed by atoms with van der Waals surface area (Å²) >= 11 is 1.78. The molecule has 0 aliphatic heterocycles. The van der Waals surface area contributed by atoms with E-state index in [1.807, 2.05) is 0 Å². The minimum Gasteiger partial charge on any atom is -0.372 e. The fourth-order valence-electron chi connectivity index (χ4n) is 3.32. The van der Waals surface area contributed by atoms with Crippen molar-refractivity contribution in [3.63, 3.8) is 0 Å². The fraction of sp³-hybridized carbons (Fsp3) is 0.692. The Morgan fingerprint density at radius 1 is 1.44 bits per heavy atom. The molecule has 0 aromatic carbocycles. The van der Waals surface area contributed by atoms with Gasteiger partial charge in [0.15, 0.2) is 0 Å². The molecule has 0 saturated heterocycles. The van der Waals surface area contributed by atoms with Crippen LogP contribution in [0.2, 0.25) is 0 Å². The second kappa shape index (κ2) is 4.13. The second-order valence-electron chi connectivity index (χ2n) is 5.16. The monoisotopic (exact) mass is 237 g/mol. The van der Waals surface area contributed by atoms with Crippen molar-refractivity contribution >= 4 is 11.3 Å². The molecule has 0 bridgehead atoms. The quantitative estimate of drug-likeness (QED) is 0.877. The van der Waals surface area contributed by atoms with Crippen LogP contribution in [-0.4, -0.2) is 12.1 Å². The minimum atomic E-state index is 0.345. The Balaban J connectivity index is 1.60. The molecular weight excluding hydrogens is 218 g/mol. The summed E-state index contributed by atoms with van der Waals surface area (Å²) in [6, 6.07) is 4.62. The van der Waals surface area contributed by atoms with Crippen LogP contribution >= 0.6 is 11.3 Å². The lowest BCUT2D eigenvalue weighted by atomic mass is 9.61. The molecule has 1 aromatic rings. The molecule has 0 radical (unpaired) electrons. The third kappa shape index (κ3) is 1.62. The van der Waals surface area contributed by atoms with E-state index in [9.17, 15) is 0 Å². The third-order valence-corrected chi connectivity index (χ3v) is 5.24. The maximum Gasteiger partial charge on any atom is 0.0813 e. The van der Waals surface area contributed by atoms with E-state index in [0.29, 0.717) is 17.6 Å². The molecule has 0 amide bonds. The van der Waals surface area contributed by atoms with Crippen molar-refractivity contribution in [1.29, 1.82) is 0 Å².